The smallest absolute Gasteiger partial charge is 0.0704 e. The minimum Gasteiger partial charge on any atom is -0.256 e. The molecule has 1 nitrogen and oxygen atoms in total. The number of nitrogens with zero attached hydrogens (tertiary/aromatic N) is 1. The van der Waals surface area contributed by atoms with Crippen molar-refractivity contribution < 1.29 is 0 Å². The Balaban J connectivity index is 0.000000395. The van der Waals surface area contributed by atoms with Crippen LogP contribution in [0.25, 0.3) is 10.9 Å². The summed E-state index contributed by atoms with van der Waals surface area (Å²) < 4.78 is 0. The Morgan fingerprint density at radius 3 is 2.24 bits per heavy atom. The van der Waals surface area contributed by atoms with Gasteiger partial charge in [0.25, 0.3) is 0 Å². The van der Waals surface area contributed by atoms with Gasteiger partial charge in [0.15, 0.2) is 0 Å². The highest BCUT2D eigenvalue weighted by Crippen LogP contribution is 2.37. The first-order valence-corrected chi connectivity index (χ1v) is 8.67. The molecule has 1 saturated carbocycles. The Morgan fingerprint density at radius 1 is 1.05 bits per heavy atom. The molecule has 2 aromatic rings. The molecule has 0 N–H and O–H groups in total. The summed E-state index contributed by atoms with van der Waals surface area (Å²) in [6.07, 6.45) is 8.40. The quantitative estimate of drug-likeness (QED) is 0.613. The zero-order valence-electron chi connectivity index (χ0n) is 14.4. The number of pyridine rings is 1. The van der Waals surface area contributed by atoms with Crippen molar-refractivity contribution >= 4 is 10.9 Å². The van der Waals surface area contributed by atoms with E-state index >= 15 is 0 Å². The molecule has 1 fully saturated rings. The van der Waals surface area contributed by atoms with E-state index in [1.165, 1.54) is 42.2 Å². The standard InChI is InChI=1S/C15H17N.C3H8.C2H6/c1-2-11-8-9-16-15-7-6-13(10-14(11)15)12-4-3-5-12;1-3-2;1-2/h6-10,12H,2-5H2,1H3;3H2,1-2H3;1-2H3. The van der Waals surface area contributed by atoms with Crippen LogP contribution in [-0.4, -0.2) is 4.98 Å². The predicted molar refractivity (Wildman–Crippen MR) is 95.0 cm³/mol. The zero-order chi connectivity index (χ0) is 15.7. The van der Waals surface area contributed by atoms with Crippen molar-refractivity contribution in [3.05, 3.63) is 41.6 Å². The number of aromatic nitrogens is 1. The lowest BCUT2D eigenvalue weighted by atomic mass is 9.79. The van der Waals surface area contributed by atoms with Gasteiger partial charge in [-0.15, -0.1) is 0 Å². The van der Waals surface area contributed by atoms with Gasteiger partial charge in [-0.1, -0.05) is 53.5 Å². The minimum absolute atomic E-state index is 0.814. The van der Waals surface area contributed by atoms with Crippen LogP contribution in [0.1, 0.15) is 77.3 Å². The highest BCUT2D eigenvalue weighted by atomic mass is 14.6. The lowest BCUT2D eigenvalue weighted by Gasteiger charge is -2.26. The fourth-order valence-corrected chi connectivity index (χ4v) is 2.52. The predicted octanol–water partition coefficient (Wildman–Crippen LogP) is 6.51. The second kappa shape index (κ2) is 9.55. The monoisotopic (exact) mass is 285 g/mol. The van der Waals surface area contributed by atoms with Crippen LogP contribution in [0.5, 0.6) is 0 Å². The van der Waals surface area contributed by atoms with Gasteiger partial charge >= 0.3 is 0 Å². The van der Waals surface area contributed by atoms with E-state index in [0.29, 0.717) is 0 Å². The second-order valence-electron chi connectivity index (χ2n) is 5.44. The highest BCUT2D eigenvalue weighted by Gasteiger charge is 2.19. The summed E-state index contributed by atoms with van der Waals surface area (Å²) in [7, 11) is 0. The van der Waals surface area contributed by atoms with E-state index in [0.717, 1.165) is 17.9 Å². The van der Waals surface area contributed by atoms with Crippen LogP contribution in [0.2, 0.25) is 0 Å². The Labute approximate surface area is 130 Å². The molecule has 0 bridgehead atoms. The van der Waals surface area contributed by atoms with E-state index in [4.69, 9.17) is 0 Å². The molecule has 0 amide bonds. The van der Waals surface area contributed by atoms with Crippen LogP contribution in [0.3, 0.4) is 0 Å². The zero-order valence-corrected chi connectivity index (χ0v) is 14.4. The first kappa shape index (κ1) is 17.7. The average molecular weight is 285 g/mol. The second-order valence-corrected chi connectivity index (χ2v) is 5.44. The van der Waals surface area contributed by atoms with Crippen molar-refractivity contribution in [2.75, 3.05) is 0 Å². The van der Waals surface area contributed by atoms with Crippen molar-refractivity contribution in [2.45, 2.75) is 72.6 Å². The average Bonchev–Trinajstić information content (AvgIpc) is 2.48. The number of hydrogen-bond donors (Lipinski definition) is 0. The van der Waals surface area contributed by atoms with Gasteiger partial charge in [-0.2, -0.15) is 0 Å². The third-order valence-corrected chi connectivity index (χ3v) is 3.81. The van der Waals surface area contributed by atoms with Crippen molar-refractivity contribution in [1.29, 1.82) is 0 Å². The Kier molecular flexibility index (Phi) is 8.04. The summed E-state index contributed by atoms with van der Waals surface area (Å²) >= 11 is 0. The third-order valence-electron chi connectivity index (χ3n) is 3.81. The molecule has 1 heteroatoms. The Hall–Kier alpha value is -1.37. The van der Waals surface area contributed by atoms with Gasteiger partial charge in [0.05, 0.1) is 5.52 Å². The van der Waals surface area contributed by atoms with E-state index in [1.54, 1.807) is 0 Å². The largest absolute Gasteiger partial charge is 0.256 e. The summed E-state index contributed by atoms with van der Waals surface area (Å²) in [5.41, 5.74) is 4.08. The van der Waals surface area contributed by atoms with Crippen molar-refractivity contribution in [1.82, 2.24) is 4.98 Å². The first-order valence-electron chi connectivity index (χ1n) is 8.67. The lowest BCUT2D eigenvalue weighted by molar-refractivity contribution is 0.420. The van der Waals surface area contributed by atoms with Gasteiger partial charge in [0, 0.05) is 11.6 Å². The molecule has 1 aliphatic rings. The molecule has 0 aliphatic heterocycles. The Bertz CT molecular complexity index is 526. The summed E-state index contributed by atoms with van der Waals surface area (Å²) in [6, 6.07) is 8.96. The van der Waals surface area contributed by atoms with Crippen LogP contribution in [-0.2, 0) is 6.42 Å². The van der Waals surface area contributed by atoms with Crippen LogP contribution in [0.4, 0.5) is 0 Å². The first-order chi connectivity index (χ1) is 10.3. The van der Waals surface area contributed by atoms with Gasteiger partial charge in [0.1, 0.15) is 0 Å². The highest BCUT2D eigenvalue weighted by molar-refractivity contribution is 5.82. The van der Waals surface area contributed by atoms with Crippen molar-refractivity contribution in [3.8, 4) is 0 Å². The molecule has 21 heavy (non-hydrogen) atoms. The molecular weight excluding hydrogens is 254 g/mol. The number of fused-ring (bicyclic) bond motifs is 1. The fraction of sp³-hybridized carbons (Fsp3) is 0.550. The van der Waals surface area contributed by atoms with Gasteiger partial charge in [-0.3, -0.25) is 4.98 Å². The van der Waals surface area contributed by atoms with Crippen LogP contribution < -0.4 is 0 Å². The summed E-state index contributed by atoms with van der Waals surface area (Å²) in [5.74, 6) is 0.814. The Morgan fingerprint density at radius 2 is 1.71 bits per heavy atom. The number of aryl methyl sites for hydroxylation is 1. The molecule has 0 spiro atoms. The maximum Gasteiger partial charge on any atom is 0.0704 e. The molecule has 1 aromatic carbocycles. The van der Waals surface area contributed by atoms with Gasteiger partial charge in [0.2, 0.25) is 0 Å². The number of hydrogen-bond acceptors (Lipinski definition) is 1. The minimum atomic E-state index is 0.814. The van der Waals surface area contributed by atoms with E-state index in [2.05, 4.69) is 50.0 Å². The SMILES string of the molecule is CC.CCC.CCc1ccnc2ccc(C3CCC3)cc12. The molecule has 0 atom stereocenters. The maximum atomic E-state index is 4.43. The van der Waals surface area contributed by atoms with E-state index in [1.807, 2.05) is 20.0 Å². The molecule has 1 aromatic heterocycles. The summed E-state index contributed by atoms with van der Waals surface area (Å²) in [4.78, 5) is 4.43. The molecule has 0 radical (unpaired) electrons. The summed E-state index contributed by atoms with van der Waals surface area (Å²) in [6.45, 7) is 10.5. The lowest BCUT2D eigenvalue weighted by Crippen LogP contribution is -2.08. The molecule has 1 aliphatic carbocycles. The van der Waals surface area contributed by atoms with Gasteiger partial charge < -0.3 is 0 Å². The van der Waals surface area contributed by atoms with Gasteiger partial charge in [-0.05, 0) is 54.5 Å². The van der Waals surface area contributed by atoms with Crippen LogP contribution >= 0.6 is 0 Å². The molecule has 1 heterocycles. The van der Waals surface area contributed by atoms with E-state index in [9.17, 15) is 0 Å². The normalized spacial score (nSPS) is 13.6. The topological polar surface area (TPSA) is 12.9 Å². The van der Waals surface area contributed by atoms with Crippen LogP contribution in [0, 0.1) is 0 Å². The number of benzene rings is 1. The van der Waals surface area contributed by atoms with Gasteiger partial charge in [-0.25, -0.2) is 0 Å². The summed E-state index contributed by atoms with van der Waals surface area (Å²) in [5, 5.41) is 1.36. The van der Waals surface area contributed by atoms with E-state index in [-0.39, 0.29) is 0 Å². The van der Waals surface area contributed by atoms with E-state index < -0.39 is 0 Å². The fourth-order valence-electron chi connectivity index (χ4n) is 2.52. The molecule has 3 rings (SSSR count). The van der Waals surface area contributed by atoms with Crippen LogP contribution in [0.15, 0.2) is 30.5 Å². The van der Waals surface area contributed by atoms with Crippen molar-refractivity contribution in [3.63, 3.8) is 0 Å². The molecular formula is C20H31N. The molecule has 116 valence electrons. The maximum absolute atomic E-state index is 4.43. The van der Waals surface area contributed by atoms with Crippen molar-refractivity contribution in [2.24, 2.45) is 0 Å². The molecule has 0 unspecified atom stereocenters. The third kappa shape index (κ3) is 4.56. The molecule has 0 saturated heterocycles. The number of rotatable bonds is 2.